The van der Waals surface area contributed by atoms with E-state index in [2.05, 4.69) is 16.4 Å². The first kappa shape index (κ1) is 15.1. The van der Waals surface area contributed by atoms with Gasteiger partial charge in [-0.3, -0.25) is 4.79 Å². The fourth-order valence-electron chi connectivity index (χ4n) is 2.21. The van der Waals surface area contributed by atoms with Gasteiger partial charge >= 0.3 is 5.97 Å². The fraction of sp³-hybridized carbons (Fsp3) is 0.333. The van der Waals surface area contributed by atoms with Gasteiger partial charge in [-0.25, -0.2) is 4.79 Å². The normalized spacial score (nSPS) is 10.8. The van der Waals surface area contributed by atoms with Crippen LogP contribution < -0.4 is 5.32 Å². The van der Waals surface area contributed by atoms with Crippen molar-refractivity contribution >= 4 is 22.8 Å². The minimum absolute atomic E-state index is 0.163. The standard InChI is InChI=1S/C15H18N2O4/c1-9-5-10(2)11-7-13(17-12(11)6-9)15(20)16-3-4-21-8-14(18)19/h5-7,17H,3-4,8H2,1-2H3,(H,16,20)(H,18,19). The van der Waals surface area contributed by atoms with Gasteiger partial charge < -0.3 is 20.1 Å². The molecule has 0 saturated carbocycles. The highest BCUT2D eigenvalue weighted by Gasteiger charge is 2.10. The molecular formula is C15H18N2O4. The number of aromatic nitrogens is 1. The number of aryl methyl sites for hydroxylation is 2. The molecule has 2 aromatic rings. The van der Waals surface area contributed by atoms with Crippen molar-refractivity contribution in [2.75, 3.05) is 19.8 Å². The minimum Gasteiger partial charge on any atom is -0.480 e. The molecule has 3 N–H and O–H groups in total. The van der Waals surface area contributed by atoms with Crippen LogP contribution in [0.25, 0.3) is 10.9 Å². The lowest BCUT2D eigenvalue weighted by Crippen LogP contribution is -2.28. The molecule has 0 spiro atoms. The van der Waals surface area contributed by atoms with Gasteiger partial charge in [-0.15, -0.1) is 0 Å². The third-order valence-electron chi connectivity index (χ3n) is 3.09. The first-order valence-corrected chi connectivity index (χ1v) is 6.65. The second-order valence-corrected chi connectivity index (χ2v) is 4.93. The Hall–Kier alpha value is -2.34. The maximum absolute atomic E-state index is 12.0. The molecule has 1 aromatic heterocycles. The van der Waals surface area contributed by atoms with Crippen LogP contribution in [0.1, 0.15) is 21.6 Å². The van der Waals surface area contributed by atoms with Crippen molar-refractivity contribution in [1.29, 1.82) is 0 Å². The third-order valence-corrected chi connectivity index (χ3v) is 3.09. The van der Waals surface area contributed by atoms with Crippen molar-refractivity contribution in [1.82, 2.24) is 10.3 Å². The van der Waals surface area contributed by atoms with Crippen molar-refractivity contribution in [3.63, 3.8) is 0 Å². The molecule has 0 unspecified atom stereocenters. The van der Waals surface area contributed by atoms with Crippen molar-refractivity contribution in [2.24, 2.45) is 0 Å². The van der Waals surface area contributed by atoms with Gasteiger partial charge in [-0.1, -0.05) is 6.07 Å². The number of nitrogens with one attached hydrogen (secondary N) is 2. The number of amides is 1. The molecule has 0 aliphatic heterocycles. The molecule has 6 heteroatoms. The molecule has 112 valence electrons. The largest absolute Gasteiger partial charge is 0.480 e. The quantitative estimate of drug-likeness (QED) is 0.705. The summed E-state index contributed by atoms with van der Waals surface area (Å²) in [5, 5.41) is 12.1. The van der Waals surface area contributed by atoms with E-state index in [9.17, 15) is 9.59 Å². The van der Waals surface area contributed by atoms with E-state index in [0.717, 1.165) is 22.0 Å². The molecule has 0 fully saturated rings. The van der Waals surface area contributed by atoms with Crippen LogP contribution in [0.3, 0.4) is 0 Å². The van der Waals surface area contributed by atoms with Crippen molar-refractivity contribution < 1.29 is 19.4 Å². The summed E-state index contributed by atoms with van der Waals surface area (Å²) in [6.45, 7) is 4.08. The molecule has 6 nitrogen and oxygen atoms in total. The molecule has 0 aliphatic rings. The van der Waals surface area contributed by atoms with Gasteiger partial charge in [0.05, 0.1) is 6.61 Å². The SMILES string of the molecule is Cc1cc(C)c2cc(C(=O)NCCOCC(=O)O)[nH]c2c1. The molecule has 0 radical (unpaired) electrons. The summed E-state index contributed by atoms with van der Waals surface area (Å²) < 4.78 is 4.85. The summed E-state index contributed by atoms with van der Waals surface area (Å²) in [4.78, 5) is 25.3. The zero-order valence-electron chi connectivity index (χ0n) is 12.0. The summed E-state index contributed by atoms with van der Waals surface area (Å²) >= 11 is 0. The van der Waals surface area contributed by atoms with E-state index in [-0.39, 0.29) is 25.7 Å². The Morgan fingerprint density at radius 2 is 2.05 bits per heavy atom. The van der Waals surface area contributed by atoms with Gasteiger partial charge in [0, 0.05) is 17.4 Å². The number of hydrogen-bond acceptors (Lipinski definition) is 3. The monoisotopic (exact) mass is 290 g/mol. The number of fused-ring (bicyclic) bond motifs is 1. The molecule has 0 bridgehead atoms. The van der Waals surface area contributed by atoms with Crippen LogP contribution in [0.4, 0.5) is 0 Å². The molecule has 1 heterocycles. The maximum Gasteiger partial charge on any atom is 0.329 e. The number of carboxylic acid groups (broad SMARTS) is 1. The summed E-state index contributed by atoms with van der Waals surface area (Å²) in [6, 6.07) is 5.88. The number of aromatic amines is 1. The summed E-state index contributed by atoms with van der Waals surface area (Å²) in [5.41, 5.74) is 3.66. The molecule has 0 saturated heterocycles. The molecule has 1 aromatic carbocycles. The molecule has 2 rings (SSSR count). The van der Waals surface area contributed by atoms with Gasteiger partial charge in [0.2, 0.25) is 0 Å². The molecule has 0 atom stereocenters. The number of aliphatic carboxylic acids is 1. The number of H-pyrrole nitrogens is 1. The number of rotatable bonds is 6. The number of hydrogen-bond donors (Lipinski definition) is 3. The van der Waals surface area contributed by atoms with E-state index >= 15 is 0 Å². The Bertz CT molecular complexity index is 676. The van der Waals surface area contributed by atoms with Crippen LogP contribution >= 0.6 is 0 Å². The Kier molecular flexibility index (Phi) is 4.59. The average molecular weight is 290 g/mol. The van der Waals surface area contributed by atoms with E-state index in [1.807, 2.05) is 26.0 Å². The summed E-state index contributed by atoms with van der Waals surface area (Å²) in [6.07, 6.45) is 0. The van der Waals surface area contributed by atoms with E-state index < -0.39 is 5.97 Å². The van der Waals surface area contributed by atoms with E-state index in [1.165, 1.54) is 0 Å². The Balaban J connectivity index is 1.97. The highest BCUT2D eigenvalue weighted by molar-refractivity contribution is 5.98. The summed E-state index contributed by atoms with van der Waals surface area (Å²) in [5.74, 6) is -1.26. The zero-order valence-corrected chi connectivity index (χ0v) is 12.0. The lowest BCUT2D eigenvalue weighted by molar-refractivity contribution is -0.142. The molecular weight excluding hydrogens is 272 g/mol. The minimum atomic E-state index is -1.03. The van der Waals surface area contributed by atoms with E-state index in [4.69, 9.17) is 9.84 Å². The lowest BCUT2D eigenvalue weighted by atomic mass is 10.1. The second-order valence-electron chi connectivity index (χ2n) is 4.93. The number of carbonyl (C=O) groups excluding carboxylic acids is 1. The zero-order chi connectivity index (χ0) is 15.4. The predicted octanol–water partition coefficient (Wildman–Crippen LogP) is 1.62. The number of ether oxygens (including phenoxy) is 1. The van der Waals surface area contributed by atoms with Crippen LogP contribution in [-0.2, 0) is 9.53 Å². The van der Waals surface area contributed by atoms with Gasteiger partial charge in [0.25, 0.3) is 5.91 Å². The number of benzene rings is 1. The van der Waals surface area contributed by atoms with Crippen LogP contribution in [-0.4, -0.2) is 41.7 Å². The smallest absolute Gasteiger partial charge is 0.329 e. The van der Waals surface area contributed by atoms with Crippen molar-refractivity contribution in [3.8, 4) is 0 Å². The van der Waals surface area contributed by atoms with Crippen LogP contribution in [0.2, 0.25) is 0 Å². The topological polar surface area (TPSA) is 91.4 Å². The Morgan fingerprint density at radius 3 is 2.76 bits per heavy atom. The van der Waals surface area contributed by atoms with E-state index in [1.54, 1.807) is 0 Å². The fourth-order valence-corrected chi connectivity index (χ4v) is 2.21. The summed E-state index contributed by atoms with van der Waals surface area (Å²) in [7, 11) is 0. The highest BCUT2D eigenvalue weighted by atomic mass is 16.5. The second kappa shape index (κ2) is 6.41. The van der Waals surface area contributed by atoms with Gasteiger partial charge in [-0.05, 0) is 37.1 Å². The van der Waals surface area contributed by atoms with Gasteiger partial charge in [0.1, 0.15) is 12.3 Å². The Morgan fingerprint density at radius 1 is 1.29 bits per heavy atom. The first-order chi connectivity index (χ1) is 9.97. The lowest BCUT2D eigenvalue weighted by Gasteiger charge is -2.03. The third kappa shape index (κ3) is 3.82. The first-order valence-electron chi connectivity index (χ1n) is 6.65. The van der Waals surface area contributed by atoms with E-state index in [0.29, 0.717) is 5.69 Å². The van der Waals surface area contributed by atoms with Crippen molar-refractivity contribution in [2.45, 2.75) is 13.8 Å². The Labute approximate surface area is 122 Å². The average Bonchev–Trinajstić information content (AvgIpc) is 2.82. The van der Waals surface area contributed by atoms with Gasteiger partial charge in [0.15, 0.2) is 0 Å². The predicted molar refractivity (Wildman–Crippen MR) is 78.6 cm³/mol. The van der Waals surface area contributed by atoms with Crippen LogP contribution in [0.15, 0.2) is 18.2 Å². The molecule has 1 amide bonds. The molecule has 0 aliphatic carbocycles. The highest BCUT2D eigenvalue weighted by Crippen LogP contribution is 2.21. The van der Waals surface area contributed by atoms with Gasteiger partial charge in [-0.2, -0.15) is 0 Å². The van der Waals surface area contributed by atoms with Crippen LogP contribution in [0.5, 0.6) is 0 Å². The molecule has 21 heavy (non-hydrogen) atoms. The van der Waals surface area contributed by atoms with Crippen LogP contribution in [0, 0.1) is 13.8 Å². The maximum atomic E-state index is 12.0. The van der Waals surface area contributed by atoms with Crippen molar-refractivity contribution in [3.05, 3.63) is 35.0 Å². The number of carboxylic acids is 1. The number of carbonyl (C=O) groups is 2.